The van der Waals surface area contributed by atoms with Crippen molar-refractivity contribution >= 4 is 17.2 Å². The fourth-order valence-electron chi connectivity index (χ4n) is 3.52. The largest absolute Gasteiger partial charge is 0.372 e. The minimum absolute atomic E-state index is 0.00879. The average Bonchev–Trinajstić information content (AvgIpc) is 2.99. The first kappa shape index (κ1) is 18.4. The summed E-state index contributed by atoms with van der Waals surface area (Å²) in [4.78, 5) is 19.4. The highest BCUT2D eigenvalue weighted by Crippen LogP contribution is 2.29. The Morgan fingerprint density at radius 1 is 1.43 bits per heavy atom. The van der Waals surface area contributed by atoms with Gasteiger partial charge >= 0.3 is 0 Å². The van der Waals surface area contributed by atoms with Crippen LogP contribution in [0.1, 0.15) is 70.2 Å². The Hall–Kier alpha value is -0.940. The average molecular weight is 339 g/mol. The topological polar surface area (TPSA) is 42.4 Å². The zero-order valence-corrected chi connectivity index (χ0v) is 15.7. The molecule has 130 valence electrons. The summed E-state index contributed by atoms with van der Waals surface area (Å²) in [6.45, 7) is 9.83. The SMILES string of the molecule is CCOC(C)c1nc(CC(=O)N(CC)C2CCCCC2C)cs1. The molecule has 1 fully saturated rings. The monoisotopic (exact) mass is 338 g/mol. The molecule has 5 heteroatoms. The summed E-state index contributed by atoms with van der Waals surface area (Å²) in [5.41, 5.74) is 0.878. The molecule has 2 rings (SSSR count). The molecule has 0 N–H and O–H groups in total. The molecule has 1 aromatic rings. The molecular formula is C18H30N2O2S. The van der Waals surface area contributed by atoms with Crippen LogP contribution >= 0.6 is 11.3 Å². The minimum atomic E-state index is 0.00879. The summed E-state index contributed by atoms with van der Waals surface area (Å²) >= 11 is 1.59. The first-order valence-electron chi connectivity index (χ1n) is 8.92. The number of likely N-dealkylation sites (N-methyl/N-ethyl adjacent to an activating group) is 1. The van der Waals surface area contributed by atoms with E-state index in [1.54, 1.807) is 11.3 Å². The number of carbonyl (C=O) groups excluding carboxylic acids is 1. The highest BCUT2D eigenvalue weighted by atomic mass is 32.1. The highest BCUT2D eigenvalue weighted by molar-refractivity contribution is 7.09. The van der Waals surface area contributed by atoms with Crippen LogP contribution in [0.2, 0.25) is 0 Å². The number of nitrogens with zero attached hydrogens (tertiary/aromatic N) is 2. The van der Waals surface area contributed by atoms with Gasteiger partial charge < -0.3 is 9.64 Å². The van der Waals surface area contributed by atoms with E-state index < -0.39 is 0 Å². The van der Waals surface area contributed by atoms with Crippen LogP contribution in [0.15, 0.2) is 5.38 Å². The number of aromatic nitrogens is 1. The van der Waals surface area contributed by atoms with Crippen LogP contribution in [0.5, 0.6) is 0 Å². The first-order chi connectivity index (χ1) is 11.1. The van der Waals surface area contributed by atoms with Crippen molar-refractivity contribution in [2.24, 2.45) is 5.92 Å². The van der Waals surface area contributed by atoms with Gasteiger partial charge in [0.15, 0.2) is 0 Å². The lowest BCUT2D eigenvalue weighted by Crippen LogP contribution is -2.45. The summed E-state index contributed by atoms with van der Waals surface area (Å²) in [5, 5.41) is 2.96. The van der Waals surface area contributed by atoms with Crippen LogP contribution < -0.4 is 0 Å². The summed E-state index contributed by atoms with van der Waals surface area (Å²) in [6, 6.07) is 0.404. The number of carbonyl (C=O) groups is 1. The summed E-state index contributed by atoms with van der Waals surface area (Å²) < 4.78 is 5.58. The molecule has 0 radical (unpaired) electrons. The van der Waals surface area contributed by atoms with Crippen molar-refractivity contribution in [3.05, 3.63) is 16.1 Å². The molecular weight excluding hydrogens is 308 g/mol. The number of thiazole rings is 1. The van der Waals surface area contributed by atoms with E-state index in [0.29, 0.717) is 25.0 Å². The molecule has 0 spiro atoms. The van der Waals surface area contributed by atoms with Crippen molar-refractivity contribution in [2.45, 2.75) is 71.9 Å². The fourth-order valence-corrected chi connectivity index (χ4v) is 4.35. The van der Waals surface area contributed by atoms with E-state index in [1.807, 2.05) is 19.2 Å². The Labute approximate surface area is 144 Å². The van der Waals surface area contributed by atoms with Gasteiger partial charge in [0.1, 0.15) is 11.1 Å². The molecule has 1 heterocycles. The van der Waals surface area contributed by atoms with Gasteiger partial charge in [-0.2, -0.15) is 0 Å². The van der Waals surface area contributed by atoms with Crippen molar-refractivity contribution in [3.63, 3.8) is 0 Å². The van der Waals surface area contributed by atoms with Gasteiger partial charge in [-0.15, -0.1) is 11.3 Å². The summed E-state index contributed by atoms with van der Waals surface area (Å²) in [6.07, 6.45) is 5.34. The van der Waals surface area contributed by atoms with E-state index in [1.165, 1.54) is 19.3 Å². The molecule has 1 aliphatic rings. The quantitative estimate of drug-likeness (QED) is 0.748. The zero-order valence-electron chi connectivity index (χ0n) is 14.9. The molecule has 23 heavy (non-hydrogen) atoms. The lowest BCUT2D eigenvalue weighted by molar-refractivity contribution is -0.134. The van der Waals surface area contributed by atoms with Crippen molar-refractivity contribution in [3.8, 4) is 0 Å². The number of ether oxygens (including phenoxy) is 1. The summed E-state index contributed by atoms with van der Waals surface area (Å²) in [5.74, 6) is 0.823. The maximum absolute atomic E-state index is 12.8. The second-order valence-electron chi connectivity index (χ2n) is 6.46. The van der Waals surface area contributed by atoms with Crippen LogP contribution in [-0.2, 0) is 16.0 Å². The van der Waals surface area contributed by atoms with E-state index in [-0.39, 0.29) is 12.0 Å². The van der Waals surface area contributed by atoms with Crippen molar-refractivity contribution < 1.29 is 9.53 Å². The number of amides is 1. The van der Waals surface area contributed by atoms with Crippen molar-refractivity contribution in [1.82, 2.24) is 9.88 Å². The van der Waals surface area contributed by atoms with E-state index in [9.17, 15) is 4.79 Å². The fraction of sp³-hybridized carbons (Fsp3) is 0.778. The Kier molecular flexibility index (Phi) is 7.03. The molecule has 1 aromatic heterocycles. The first-order valence-corrected chi connectivity index (χ1v) is 9.80. The van der Waals surface area contributed by atoms with E-state index in [2.05, 4.69) is 23.7 Å². The van der Waals surface area contributed by atoms with Gasteiger partial charge in [-0.3, -0.25) is 4.79 Å². The van der Waals surface area contributed by atoms with Gasteiger partial charge in [0.2, 0.25) is 5.91 Å². The second kappa shape index (κ2) is 8.78. The predicted molar refractivity (Wildman–Crippen MR) is 94.7 cm³/mol. The van der Waals surface area contributed by atoms with E-state index in [4.69, 9.17) is 4.74 Å². The van der Waals surface area contributed by atoms with Gasteiger partial charge in [-0.05, 0) is 39.5 Å². The summed E-state index contributed by atoms with van der Waals surface area (Å²) in [7, 11) is 0. The van der Waals surface area contributed by atoms with Gasteiger partial charge in [0.25, 0.3) is 0 Å². The highest BCUT2D eigenvalue weighted by Gasteiger charge is 2.29. The Morgan fingerprint density at radius 3 is 2.83 bits per heavy atom. The Balaban J connectivity index is 1.99. The Morgan fingerprint density at radius 2 is 2.17 bits per heavy atom. The molecule has 1 aliphatic carbocycles. The van der Waals surface area contributed by atoms with Crippen LogP contribution in [-0.4, -0.2) is 35.0 Å². The maximum atomic E-state index is 12.8. The molecule has 4 nitrogen and oxygen atoms in total. The normalized spacial score (nSPS) is 22.8. The van der Waals surface area contributed by atoms with Crippen molar-refractivity contribution in [1.29, 1.82) is 0 Å². The molecule has 1 amide bonds. The van der Waals surface area contributed by atoms with Crippen LogP contribution in [0.3, 0.4) is 0 Å². The van der Waals surface area contributed by atoms with Crippen LogP contribution in [0.4, 0.5) is 0 Å². The molecule has 0 bridgehead atoms. The molecule has 0 aliphatic heterocycles. The standard InChI is InChI=1S/C18H30N2O2S/c1-5-20(16-10-8-7-9-13(16)3)17(21)11-15-12-23-18(19-15)14(4)22-6-2/h12-14,16H,5-11H2,1-4H3. The lowest BCUT2D eigenvalue weighted by atomic mass is 9.84. The molecule has 3 unspecified atom stereocenters. The second-order valence-corrected chi connectivity index (χ2v) is 7.35. The number of hydrogen-bond donors (Lipinski definition) is 0. The van der Waals surface area contributed by atoms with Gasteiger partial charge in [-0.25, -0.2) is 4.98 Å². The van der Waals surface area contributed by atoms with Crippen LogP contribution in [0, 0.1) is 5.92 Å². The van der Waals surface area contributed by atoms with E-state index >= 15 is 0 Å². The number of rotatable bonds is 7. The molecule has 0 aromatic carbocycles. The third kappa shape index (κ3) is 4.77. The maximum Gasteiger partial charge on any atom is 0.228 e. The third-order valence-corrected chi connectivity index (χ3v) is 5.85. The van der Waals surface area contributed by atoms with E-state index in [0.717, 1.165) is 23.7 Å². The van der Waals surface area contributed by atoms with Gasteiger partial charge in [0, 0.05) is 24.6 Å². The van der Waals surface area contributed by atoms with Gasteiger partial charge in [0.05, 0.1) is 12.1 Å². The zero-order chi connectivity index (χ0) is 16.8. The molecule has 1 saturated carbocycles. The minimum Gasteiger partial charge on any atom is -0.372 e. The lowest BCUT2D eigenvalue weighted by Gasteiger charge is -2.38. The Bertz CT molecular complexity index is 503. The van der Waals surface area contributed by atoms with Crippen LogP contribution in [0.25, 0.3) is 0 Å². The molecule has 3 atom stereocenters. The number of hydrogen-bond acceptors (Lipinski definition) is 4. The smallest absolute Gasteiger partial charge is 0.228 e. The third-order valence-electron chi connectivity index (χ3n) is 4.79. The predicted octanol–water partition coefficient (Wildman–Crippen LogP) is 4.21. The van der Waals surface area contributed by atoms with Gasteiger partial charge in [-0.1, -0.05) is 19.8 Å². The van der Waals surface area contributed by atoms with Crippen molar-refractivity contribution in [2.75, 3.05) is 13.2 Å². The molecule has 0 saturated heterocycles.